The third kappa shape index (κ3) is 2.44. The second-order valence-corrected chi connectivity index (χ2v) is 7.94. The number of esters is 2. The van der Waals surface area contributed by atoms with Crippen LogP contribution in [0.5, 0.6) is 0 Å². The third-order valence-corrected chi connectivity index (χ3v) is 6.51. The van der Waals surface area contributed by atoms with E-state index in [1.807, 2.05) is 6.92 Å². The molecular weight excluding hydrogens is 280 g/mol. The summed E-state index contributed by atoms with van der Waals surface area (Å²) in [5.41, 5.74) is -0.289. The molecule has 4 heteroatoms. The minimum absolute atomic E-state index is 0.0257. The highest BCUT2D eigenvalue weighted by atomic mass is 16.5. The lowest BCUT2D eigenvalue weighted by molar-refractivity contribution is -0.165. The van der Waals surface area contributed by atoms with E-state index in [1.165, 1.54) is 0 Å². The molecule has 0 amide bonds. The normalized spacial score (nSPS) is 39.0. The summed E-state index contributed by atoms with van der Waals surface area (Å²) in [5.74, 6) is 0.830. The van der Waals surface area contributed by atoms with Crippen LogP contribution in [0, 0.1) is 22.7 Å². The van der Waals surface area contributed by atoms with Gasteiger partial charge in [-0.05, 0) is 50.9 Å². The van der Waals surface area contributed by atoms with Crippen LogP contribution in [0.15, 0.2) is 0 Å². The van der Waals surface area contributed by atoms with Gasteiger partial charge in [-0.25, -0.2) is 0 Å². The molecule has 5 unspecified atom stereocenters. The number of fused-ring (bicyclic) bond motifs is 3. The molecule has 2 bridgehead atoms. The van der Waals surface area contributed by atoms with Gasteiger partial charge in [0, 0.05) is 5.41 Å². The summed E-state index contributed by atoms with van der Waals surface area (Å²) < 4.78 is 11.1. The summed E-state index contributed by atoms with van der Waals surface area (Å²) in [6.45, 7) is 6.78. The second-order valence-electron chi connectivity index (χ2n) is 7.94. The van der Waals surface area contributed by atoms with Crippen molar-refractivity contribution in [1.29, 1.82) is 0 Å². The second kappa shape index (κ2) is 5.54. The van der Waals surface area contributed by atoms with Crippen molar-refractivity contribution < 1.29 is 19.1 Å². The molecule has 0 aromatic heterocycles. The van der Waals surface area contributed by atoms with Crippen LogP contribution in [0.1, 0.15) is 65.7 Å². The molecule has 1 heterocycles. The molecule has 0 aromatic carbocycles. The highest BCUT2D eigenvalue weighted by Crippen LogP contribution is 2.60. The van der Waals surface area contributed by atoms with Gasteiger partial charge in [0.2, 0.25) is 0 Å². The van der Waals surface area contributed by atoms with Gasteiger partial charge >= 0.3 is 11.9 Å². The highest BCUT2D eigenvalue weighted by molar-refractivity contribution is 5.76. The van der Waals surface area contributed by atoms with Crippen LogP contribution in [0.4, 0.5) is 0 Å². The first-order valence-corrected chi connectivity index (χ1v) is 8.79. The summed E-state index contributed by atoms with van der Waals surface area (Å²) in [7, 11) is 0. The predicted molar refractivity (Wildman–Crippen MR) is 82.0 cm³/mol. The number of carbonyl (C=O) groups is 2. The molecule has 1 aliphatic heterocycles. The summed E-state index contributed by atoms with van der Waals surface area (Å²) in [5, 5.41) is 0. The number of rotatable bonds is 5. The van der Waals surface area contributed by atoms with Crippen LogP contribution < -0.4 is 0 Å². The van der Waals surface area contributed by atoms with E-state index in [9.17, 15) is 9.59 Å². The maximum Gasteiger partial charge on any atom is 0.312 e. The zero-order valence-corrected chi connectivity index (χ0v) is 14.0. The molecule has 5 atom stereocenters. The van der Waals surface area contributed by atoms with Crippen molar-refractivity contribution in [2.45, 2.75) is 71.8 Å². The van der Waals surface area contributed by atoms with Crippen molar-refractivity contribution in [3.63, 3.8) is 0 Å². The van der Waals surface area contributed by atoms with Gasteiger partial charge < -0.3 is 9.47 Å². The molecule has 0 aromatic rings. The monoisotopic (exact) mass is 308 g/mol. The van der Waals surface area contributed by atoms with E-state index >= 15 is 0 Å². The Morgan fingerprint density at radius 1 is 1.41 bits per heavy atom. The molecule has 124 valence electrons. The van der Waals surface area contributed by atoms with Crippen LogP contribution in [-0.2, 0) is 19.1 Å². The van der Waals surface area contributed by atoms with Gasteiger partial charge in [0.15, 0.2) is 0 Å². The number of carbonyl (C=O) groups excluding carboxylic acids is 2. The Morgan fingerprint density at radius 3 is 2.68 bits per heavy atom. The molecule has 2 aliphatic carbocycles. The van der Waals surface area contributed by atoms with E-state index in [0.29, 0.717) is 24.9 Å². The van der Waals surface area contributed by atoms with Crippen LogP contribution in [0.2, 0.25) is 0 Å². The van der Waals surface area contributed by atoms with Crippen molar-refractivity contribution in [2.75, 3.05) is 6.61 Å². The number of ether oxygens (including phenoxy) is 2. The summed E-state index contributed by atoms with van der Waals surface area (Å²) in [6, 6.07) is 0. The number of hydrogen-bond acceptors (Lipinski definition) is 4. The fraction of sp³-hybridized carbons (Fsp3) is 0.889. The van der Waals surface area contributed by atoms with Crippen LogP contribution in [0.25, 0.3) is 0 Å². The largest absolute Gasteiger partial charge is 0.465 e. The van der Waals surface area contributed by atoms with E-state index in [0.717, 1.165) is 38.5 Å². The Kier molecular flexibility index (Phi) is 3.98. The van der Waals surface area contributed by atoms with Crippen molar-refractivity contribution in [2.24, 2.45) is 22.7 Å². The van der Waals surface area contributed by atoms with E-state index in [1.54, 1.807) is 0 Å². The van der Waals surface area contributed by atoms with Crippen LogP contribution in [-0.4, -0.2) is 24.6 Å². The van der Waals surface area contributed by atoms with Gasteiger partial charge in [0.25, 0.3) is 0 Å². The van der Waals surface area contributed by atoms with Crippen molar-refractivity contribution in [3.05, 3.63) is 0 Å². The zero-order chi connectivity index (χ0) is 16.0. The summed E-state index contributed by atoms with van der Waals surface area (Å²) >= 11 is 0. The van der Waals surface area contributed by atoms with Gasteiger partial charge in [-0.1, -0.05) is 20.3 Å². The fourth-order valence-electron chi connectivity index (χ4n) is 4.90. The molecule has 2 saturated carbocycles. The summed E-state index contributed by atoms with van der Waals surface area (Å²) in [6.07, 6.45) is 6.32. The fourth-order valence-corrected chi connectivity index (χ4v) is 4.90. The lowest BCUT2D eigenvalue weighted by Gasteiger charge is -2.36. The Morgan fingerprint density at radius 2 is 2.18 bits per heavy atom. The quantitative estimate of drug-likeness (QED) is 0.730. The average Bonchev–Trinajstić information content (AvgIpc) is 3.14. The lowest BCUT2D eigenvalue weighted by atomic mass is 9.72. The maximum atomic E-state index is 12.6. The average molecular weight is 308 g/mol. The minimum Gasteiger partial charge on any atom is -0.465 e. The standard InChI is InChI=1S/C18H28O4/c1-4-6-17(3,5-2)16(20)22-14-8-13-7-12(14)9-18(13)10-15(19)21-11-18/h12-14H,4-11H2,1-3H3. The zero-order valence-electron chi connectivity index (χ0n) is 14.0. The van der Waals surface area contributed by atoms with Gasteiger partial charge in [-0.15, -0.1) is 0 Å². The van der Waals surface area contributed by atoms with Crippen molar-refractivity contribution >= 4 is 11.9 Å². The molecule has 22 heavy (non-hydrogen) atoms. The first kappa shape index (κ1) is 15.8. The lowest BCUT2D eigenvalue weighted by Crippen LogP contribution is -2.38. The van der Waals surface area contributed by atoms with Gasteiger partial charge in [-0.3, -0.25) is 9.59 Å². The predicted octanol–water partition coefficient (Wildman–Crippen LogP) is 3.48. The van der Waals surface area contributed by atoms with Crippen LogP contribution >= 0.6 is 0 Å². The van der Waals surface area contributed by atoms with Crippen molar-refractivity contribution in [3.8, 4) is 0 Å². The Hall–Kier alpha value is -1.06. The molecule has 3 rings (SSSR count). The molecule has 3 aliphatic rings. The first-order chi connectivity index (χ1) is 10.4. The maximum absolute atomic E-state index is 12.6. The van der Waals surface area contributed by atoms with Crippen molar-refractivity contribution in [1.82, 2.24) is 0 Å². The van der Waals surface area contributed by atoms with E-state index in [4.69, 9.17) is 9.47 Å². The van der Waals surface area contributed by atoms with Gasteiger partial charge in [-0.2, -0.15) is 0 Å². The summed E-state index contributed by atoms with van der Waals surface area (Å²) in [4.78, 5) is 24.1. The molecular formula is C18H28O4. The molecule has 4 nitrogen and oxygen atoms in total. The Bertz CT molecular complexity index is 474. The topological polar surface area (TPSA) is 52.6 Å². The molecule has 1 spiro atoms. The van der Waals surface area contributed by atoms with Crippen LogP contribution in [0.3, 0.4) is 0 Å². The Balaban J connectivity index is 1.61. The molecule has 0 N–H and O–H groups in total. The van der Waals surface area contributed by atoms with E-state index in [-0.39, 0.29) is 28.9 Å². The molecule has 0 radical (unpaired) electrons. The van der Waals surface area contributed by atoms with Gasteiger partial charge in [0.05, 0.1) is 18.4 Å². The van der Waals surface area contributed by atoms with E-state index < -0.39 is 0 Å². The Labute approximate surface area is 132 Å². The highest BCUT2D eigenvalue weighted by Gasteiger charge is 2.59. The van der Waals surface area contributed by atoms with Gasteiger partial charge in [0.1, 0.15) is 6.10 Å². The molecule has 3 fully saturated rings. The third-order valence-electron chi connectivity index (χ3n) is 6.51. The first-order valence-electron chi connectivity index (χ1n) is 8.79. The minimum atomic E-state index is -0.347. The smallest absolute Gasteiger partial charge is 0.312 e. The van der Waals surface area contributed by atoms with E-state index in [2.05, 4.69) is 13.8 Å². The molecule has 1 saturated heterocycles. The SMILES string of the molecule is CCCC(C)(CC)C(=O)OC1CC2CC1CC21COC(=O)C1. The number of cyclic esters (lactones) is 1. The number of hydrogen-bond donors (Lipinski definition) is 0.